The van der Waals surface area contributed by atoms with E-state index in [-0.39, 0.29) is 24.0 Å². The Balaban J connectivity index is 2.29. The van der Waals surface area contributed by atoms with Gasteiger partial charge in [-0.25, -0.2) is 4.79 Å². The zero-order chi connectivity index (χ0) is 11.3. The number of hydrogen-bond donors (Lipinski definition) is 3. The molecule has 2 amide bonds. The summed E-state index contributed by atoms with van der Waals surface area (Å²) < 4.78 is 6.89. The van der Waals surface area contributed by atoms with Gasteiger partial charge in [-0.2, -0.15) is 0 Å². The quantitative estimate of drug-likeness (QED) is 0.488. The Bertz CT molecular complexity index is 240. The van der Waals surface area contributed by atoms with Gasteiger partial charge in [0.1, 0.15) is 0 Å². The van der Waals surface area contributed by atoms with Crippen LogP contribution in [0.1, 0.15) is 25.7 Å². The molecule has 1 fully saturated rings. The first-order valence-corrected chi connectivity index (χ1v) is 5.40. The number of urea groups is 1. The molecule has 0 aromatic rings. The highest BCUT2D eigenvalue weighted by Crippen LogP contribution is 2.25. The van der Waals surface area contributed by atoms with Crippen LogP contribution < -0.4 is 10.0 Å². The zero-order valence-corrected chi connectivity index (χ0v) is 9.55. The van der Waals surface area contributed by atoms with Crippen LogP contribution >= 0.6 is 12.8 Å². The van der Waals surface area contributed by atoms with Gasteiger partial charge in [0.15, 0.2) is 0 Å². The first-order valence-electron chi connectivity index (χ1n) is 4.95. The van der Waals surface area contributed by atoms with Crippen LogP contribution in [0.5, 0.6) is 0 Å². The molecule has 1 saturated carbocycles. The fourth-order valence-corrected chi connectivity index (χ4v) is 1.92. The zero-order valence-electron chi connectivity index (χ0n) is 8.66. The van der Waals surface area contributed by atoms with E-state index in [0.717, 1.165) is 25.7 Å². The monoisotopic (exact) mass is 232 g/mol. The molecule has 0 saturated heterocycles. The van der Waals surface area contributed by atoms with Crippen molar-refractivity contribution >= 4 is 24.8 Å². The SMILES string of the molecule is COC(=O)C1CCC(NC(=O)NS)CC1. The van der Waals surface area contributed by atoms with Gasteiger partial charge < -0.3 is 10.1 Å². The van der Waals surface area contributed by atoms with Crippen LogP contribution in [0.15, 0.2) is 0 Å². The molecule has 15 heavy (non-hydrogen) atoms. The molecule has 86 valence electrons. The van der Waals surface area contributed by atoms with Gasteiger partial charge in [0.05, 0.1) is 13.0 Å². The molecule has 0 spiro atoms. The summed E-state index contributed by atoms with van der Waals surface area (Å²) >= 11 is 3.64. The Labute approximate surface area is 94.5 Å². The van der Waals surface area contributed by atoms with Gasteiger partial charge in [0.2, 0.25) is 0 Å². The second kappa shape index (κ2) is 5.85. The fraction of sp³-hybridized carbons (Fsp3) is 0.778. The lowest BCUT2D eigenvalue weighted by molar-refractivity contribution is -0.146. The maximum absolute atomic E-state index is 11.2. The second-order valence-corrected chi connectivity index (χ2v) is 3.88. The van der Waals surface area contributed by atoms with E-state index in [1.807, 2.05) is 0 Å². The van der Waals surface area contributed by atoms with Crippen molar-refractivity contribution in [1.29, 1.82) is 0 Å². The third-order valence-corrected chi connectivity index (χ3v) is 2.90. The average Bonchev–Trinajstić information content (AvgIpc) is 2.29. The predicted octanol–water partition coefficient (Wildman–Crippen LogP) is 0.862. The summed E-state index contributed by atoms with van der Waals surface area (Å²) in [4.78, 5) is 22.2. The van der Waals surface area contributed by atoms with E-state index >= 15 is 0 Å². The highest BCUT2D eigenvalue weighted by Gasteiger charge is 2.27. The number of carbonyl (C=O) groups is 2. The Hall–Kier alpha value is -0.910. The highest BCUT2D eigenvalue weighted by atomic mass is 32.1. The van der Waals surface area contributed by atoms with Gasteiger partial charge in [-0.15, -0.1) is 0 Å². The summed E-state index contributed by atoms with van der Waals surface area (Å²) in [5.74, 6) is -0.154. The van der Waals surface area contributed by atoms with Crippen molar-refractivity contribution in [2.75, 3.05) is 7.11 Å². The third-order valence-electron chi connectivity index (χ3n) is 2.70. The molecule has 0 aliphatic heterocycles. The molecule has 1 aliphatic carbocycles. The smallest absolute Gasteiger partial charge is 0.324 e. The largest absolute Gasteiger partial charge is 0.469 e. The van der Waals surface area contributed by atoms with Crippen molar-refractivity contribution in [2.24, 2.45) is 5.92 Å². The Morgan fingerprint density at radius 3 is 2.33 bits per heavy atom. The number of esters is 1. The van der Waals surface area contributed by atoms with E-state index in [4.69, 9.17) is 0 Å². The highest BCUT2D eigenvalue weighted by molar-refractivity contribution is 7.78. The lowest BCUT2D eigenvalue weighted by Gasteiger charge is -2.27. The second-order valence-electron chi connectivity index (χ2n) is 3.66. The molecule has 0 radical (unpaired) electrons. The average molecular weight is 232 g/mol. The molecule has 5 nitrogen and oxygen atoms in total. The molecule has 0 aromatic heterocycles. The lowest BCUT2D eigenvalue weighted by Crippen LogP contribution is -2.41. The maximum atomic E-state index is 11.2. The molecule has 1 aliphatic rings. The maximum Gasteiger partial charge on any atom is 0.324 e. The number of carbonyl (C=O) groups excluding carboxylic acids is 2. The van der Waals surface area contributed by atoms with Crippen LogP contribution in [0.3, 0.4) is 0 Å². The number of ether oxygens (including phenoxy) is 1. The summed E-state index contributed by atoms with van der Waals surface area (Å²) in [6, 6.07) is -0.155. The van der Waals surface area contributed by atoms with Crippen molar-refractivity contribution in [3.63, 3.8) is 0 Å². The van der Waals surface area contributed by atoms with E-state index in [0.29, 0.717) is 0 Å². The number of thiol groups is 1. The molecule has 0 unspecified atom stereocenters. The number of rotatable bonds is 2. The summed E-state index contributed by atoms with van der Waals surface area (Å²) in [6.07, 6.45) is 3.15. The predicted molar refractivity (Wildman–Crippen MR) is 58.4 cm³/mol. The van der Waals surface area contributed by atoms with Gasteiger partial charge in [-0.1, -0.05) is 12.8 Å². The number of amides is 2. The van der Waals surface area contributed by atoms with E-state index in [1.54, 1.807) is 0 Å². The molecule has 6 heteroatoms. The summed E-state index contributed by atoms with van der Waals surface area (Å²) in [5, 5.41) is 2.77. The standard InChI is InChI=1S/C9H16N2O3S/c1-14-8(12)6-2-4-7(5-3-6)10-9(13)11-15/h6-7,15H,2-5H2,1H3,(H2,10,11,13). The minimum atomic E-state index is -0.292. The van der Waals surface area contributed by atoms with Gasteiger partial charge in [0.25, 0.3) is 0 Å². The van der Waals surface area contributed by atoms with Crippen LogP contribution in [0.4, 0.5) is 4.79 Å². The first kappa shape index (κ1) is 12.2. The Morgan fingerprint density at radius 1 is 1.27 bits per heavy atom. The first-order chi connectivity index (χ1) is 7.17. The van der Waals surface area contributed by atoms with E-state index in [2.05, 4.69) is 27.6 Å². The van der Waals surface area contributed by atoms with Gasteiger partial charge in [-0.3, -0.25) is 9.52 Å². The minimum Gasteiger partial charge on any atom is -0.469 e. The lowest BCUT2D eigenvalue weighted by atomic mass is 9.86. The van der Waals surface area contributed by atoms with Crippen molar-refractivity contribution in [3.05, 3.63) is 0 Å². The van der Waals surface area contributed by atoms with Crippen LogP contribution in [-0.4, -0.2) is 25.2 Å². The molecular formula is C9H16N2O3S. The van der Waals surface area contributed by atoms with Gasteiger partial charge >= 0.3 is 12.0 Å². The van der Waals surface area contributed by atoms with Crippen LogP contribution in [-0.2, 0) is 9.53 Å². The molecule has 2 N–H and O–H groups in total. The van der Waals surface area contributed by atoms with Crippen LogP contribution in [0.2, 0.25) is 0 Å². The number of nitrogens with one attached hydrogen (secondary N) is 2. The summed E-state index contributed by atoms with van der Waals surface area (Å²) in [6.45, 7) is 0. The number of methoxy groups -OCH3 is 1. The Kier molecular flexibility index (Phi) is 4.74. The van der Waals surface area contributed by atoms with E-state index in [1.165, 1.54) is 7.11 Å². The number of hydrogen-bond acceptors (Lipinski definition) is 4. The van der Waals surface area contributed by atoms with Gasteiger partial charge in [0, 0.05) is 6.04 Å². The normalized spacial score (nSPS) is 25.5. The minimum absolute atomic E-state index is 0.00730. The molecular weight excluding hydrogens is 216 g/mol. The molecule has 1 rings (SSSR count). The van der Waals surface area contributed by atoms with Gasteiger partial charge in [-0.05, 0) is 25.7 Å². The summed E-state index contributed by atoms with van der Waals surface area (Å²) in [7, 11) is 1.40. The fourth-order valence-electron chi connectivity index (χ4n) is 1.86. The summed E-state index contributed by atoms with van der Waals surface area (Å²) in [5.41, 5.74) is 0. The van der Waals surface area contributed by atoms with Crippen LogP contribution in [0, 0.1) is 5.92 Å². The topological polar surface area (TPSA) is 67.4 Å². The molecule has 0 bridgehead atoms. The van der Waals surface area contributed by atoms with Crippen molar-refractivity contribution < 1.29 is 14.3 Å². The van der Waals surface area contributed by atoms with Crippen molar-refractivity contribution in [2.45, 2.75) is 31.7 Å². The Morgan fingerprint density at radius 2 is 1.87 bits per heavy atom. The van der Waals surface area contributed by atoms with Crippen molar-refractivity contribution in [1.82, 2.24) is 10.0 Å². The van der Waals surface area contributed by atoms with E-state index in [9.17, 15) is 9.59 Å². The molecule has 0 atom stereocenters. The van der Waals surface area contributed by atoms with Crippen LogP contribution in [0.25, 0.3) is 0 Å². The van der Waals surface area contributed by atoms with Crippen molar-refractivity contribution in [3.8, 4) is 0 Å². The molecule has 0 aromatic carbocycles. The van der Waals surface area contributed by atoms with E-state index < -0.39 is 0 Å². The third kappa shape index (κ3) is 3.62. The molecule has 0 heterocycles.